The first-order valence-electron chi connectivity index (χ1n) is 13.4. The summed E-state index contributed by atoms with van der Waals surface area (Å²) >= 11 is 0. The molecule has 0 bridgehead atoms. The summed E-state index contributed by atoms with van der Waals surface area (Å²) in [6.45, 7) is 2.26. The van der Waals surface area contributed by atoms with Gasteiger partial charge in [-0.1, -0.05) is 12.7 Å². The van der Waals surface area contributed by atoms with Gasteiger partial charge in [0.2, 0.25) is 0 Å². The molecule has 5 N–H and O–H groups in total. The molecule has 0 atom stereocenters. The molecular formula is C27H16F24O6. The molecule has 0 radical (unpaired) electrons. The molecule has 0 spiro atoms. The number of hydrogen-bond acceptors (Lipinski definition) is 6. The van der Waals surface area contributed by atoms with Crippen LogP contribution in [0.5, 0.6) is 11.5 Å². The Morgan fingerprint density at radius 2 is 0.579 bits per heavy atom. The van der Waals surface area contributed by atoms with Gasteiger partial charge in [0.05, 0.1) is 0 Å². The van der Waals surface area contributed by atoms with Crippen molar-refractivity contribution in [3.63, 3.8) is 0 Å². The number of phenols is 1. The van der Waals surface area contributed by atoms with Crippen molar-refractivity contribution in [2.24, 2.45) is 0 Å². The molecule has 2 aromatic rings. The predicted molar refractivity (Wildman–Crippen MR) is 134 cm³/mol. The average molecular weight is 892 g/mol. The number of ether oxygens (including phenoxy) is 1. The topological polar surface area (TPSA) is 110 Å². The summed E-state index contributed by atoms with van der Waals surface area (Å²) in [5, 5.41) is 45.9. The number of aromatic hydroxyl groups is 1. The molecule has 0 unspecified atom stereocenters. The van der Waals surface area contributed by atoms with Gasteiger partial charge < -0.3 is 30.3 Å². The summed E-state index contributed by atoms with van der Waals surface area (Å²) in [6, 6.07) is -3.51. The van der Waals surface area contributed by atoms with Crippen molar-refractivity contribution in [3.8, 4) is 11.5 Å². The number of rotatable bonds is 7. The zero-order valence-electron chi connectivity index (χ0n) is 26.2. The lowest BCUT2D eigenvalue weighted by Gasteiger charge is -2.36. The Morgan fingerprint density at radius 1 is 0.386 bits per heavy atom. The van der Waals surface area contributed by atoms with Gasteiger partial charge >= 0.3 is 49.4 Å². The molecule has 0 heterocycles. The molecule has 0 saturated carbocycles. The number of halogens is 24. The van der Waals surface area contributed by atoms with Crippen molar-refractivity contribution in [1.29, 1.82) is 0 Å². The highest BCUT2D eigenvalue weighted by Gasteiger charge is 2.76. The summed E-state index contributed by atoms with van der Waals surface area (Å²) in [6.07, 6.45) is -52.4. The van der Waals surface area contributed by atoms with Crippen LogP contribution in [0.15, 0.2) is 49.1 Å². The van der Waals surface area contributed by atoms with Crippen molar-refractivity contribution >= 4 is 0 Å². The molecule has 57 heavy (non-hydrogen) atoms. The van der Waals surface area contributed by atoms with E-state index in [1.807, 2.05) is 0 Å². The largest absolute Gasteiger partial charge is 0.508 e. The third-order valence-electron chi connectivity index (χ3n) is 7.15. The summed E-state index contributed by atoms with van der Waals surface area (Å²) < 4.78 is 314. The van der Waals surface area contributed by atoms with Gasteiger partial charge in [0, 0.05) is 22.3 Å². The molecule has 0 fully saturated rings. The summed E-state index contributed by atoms with van der Waals surface area (Å²) in [4.78, 5) is 0. The van der Waals surface area contributed by atoms with E-state index >= 15 is 0 Å². The van der Waals surface area contributed by atoms with E-state index in [1.165, 1.54) is 0 Å². The van der Waals surface area contributed by atoms with E-state index in [-0.39, 0.29) is 12.1 Å². The molecule has 0 saturated heterocycles. The maximum Gasteiger partial charge on any atom is 0.430 e. The van der Waals surface area contributed by atoms with E-state index in [0.717, 1.165) is 6.08 Å². The fourth-order valence-electron chi connectivity index (χ4n) is 4.24. The Balaban J connectivity index is 0.000000573. The van der Waals surface area contributed by atoms with E-state index in [0.29, 0.717) is 0 Å². The van der Waals surface area contributed by atoms with Gasteiger partial charge in [-0.15, -0.1) is 0 Å². The van der Waals surface area contributed by atoms with Crippen LogP contribution in [0.2, 0.25) is 0 Å². The lowest BCUT2D eigenvalue weighted by atomic mass is 9.85. The van der Waals surface area contributed by atoms with Gasteiger partial charge in [-0.3, -0.25) is 0 Å². The van der Waals surface area contributed by atoms with Crippen molar-refractivity contribution in [1.82, 2.24) is 0 Å². The second-order valence-electron chi connectivity index (χ2n) is 10.9. The summed E-state index contributed by atoms with van der Waals surface area (Å²) in [5.74, 6) is -3.32. The molecule has 0 aliphatic carbocycles. The fourth-order valence-corrected chi connectivity index (χ4v) is 4.24. The van der Waals surface area contributed by atoms with Gasteiger partial charge in [0.25, 0.3) is 22.4 Å². The summed E-state index contributed by atoms with van der Waals surface area (Å²) in [5.41, 5.74) is -33.9. The second-order valence-corrected chi connectivity index (χ2v) is 10.9. The van der Waals surface area contributed by atoms with Crippen LogP contribution < -0.4 is 4.74 Å². The van der Waals surface area contributed by atoms with Crippen molar-refractivity contribution in [3.05, 3.63) is 71.3 Å². The SMILES string of the molecule is C=CCOc1cc(C(O)(C(F)(F)F)C(F)(F)F)cc(C(O)(C(F)(F)F)C(F)(F)F)c1.Oc1cc(C(O)(C(F)(F)F)C(F)(F)F)cc(C(O)(C(F)(F)F)C(F)(F)F)c1. The minimum Gasteiger partial charge on any atom is -0.508 e. The Morgan fingerprint density at radius 3 is 0.754 bits per heavy atom. The highest BCUT2D eigenvalue weighted by molar-refractivity contribution is 5.44. The molecule has 328 valence electrons. The number of benzene rings is 2. The van der Waals surface area contributed by atoms with Crippen LogP contribution in [0, 0.1) is 0 Å². The van der Waals surface area contributed by atoms with Crippen LogP contribution in [0.25, 0.3) is 0 Å². The molecular weight excluding hydrogens is 876 g/mol. The Kier molecular flexibility index (Phi) is 13.4. The quantitative estimate of drug-likeness (QED) is 0.140. The number of phenolic OH excluding ortho intramolecular Hbond substituents is 1. The first kappa shape index (κ1) is 51.0. The second kappa shape index (κ2) is 15.0. The molecule has 2 aromatic carbocycles. The van der Waals surface area contributed by atoms with Crippen molar-refractivity contribution in [2.45, 2.75) is 71.8 Å². The fraction of sp³-hybridized carbons (Fsp3) is 0.481. The van der Waals surface area contributed by atoms with Gasteiger partial charge in [0.15, 0.2) is 0 Å². The van der Waals surface area contributed by atoms with E-state index < -0.39 is 136 Å². The predicted octanol–water partition coefficient (Wildman–Crippen LogP) is 8.89. The lowest BCUT2D eigenvalue weighted by Crippen LogP contribution is -2.55. The molecule has 0 aliphatic rings. The van der Waals surface area contributed by atoms with E-state index in [1.54, 1.807) is 0 Å². The number of alkyl halides is 24. The van der Waals surface area contributed by atoms with Crippen molar-refractivity contribution < 1.29 is 136 Å². The van der Waals surface area contributed by atoms with Crippen LogP contribution in [-0.4, -0.2) is 81.5 Å². The third-order valence-corrected chi connectivity index (χ3v) is 7.15. The average Bonchev–Trinajstić information content (AvgIpc) is 2.97. The Hall–Kier alpha value is -4.06. The van der Waals surface area contributed by atoms with Crippen molar-refractivity contribution in [2.75, 3.05) is 6.61 Å². The van der Waals surface area contributed by atoms with Gasteiger partial charge in [-0.05, 0) is 36.4 Å². The van der Waals surface area contributed by atoms with Gasteiger partial charge in [-0.25, -0.2) is 0 Å². The van der Waals surface area contributed by atoms with Crippen LogP contribution in [0.1, 0.15) is 22.3 Å². The van der Waals surface area contributed by atoms with Crippen LogP contribution in [0.4, 0.5) is 105 Å². The van der Waals surface area contributed by atoms with Crippen LogP contribution in [0.3, 0.4) is 0 Å². The van der Waals surface area contributed by atoms with E-state index in [2.05, 4.69) is 11.3 Å². The molecule has 6 nitrogen and oxygen atoms in total. The number of hydrogen-bond donors (Lipinski definition) is 5. The van der Waals surface area contributed by atoms with Gasteiger partial charge in [0.1, 0.15) is 18.1 Å². The van der Waals surface area contributed by atoms with Gasteiger partial charge in [-0.2, -0.15) is 105 Å². The molecule has 30 heteroatoms. The minimum atomic E-state index is -6.66. The highest BCUT2D eigenvalue weighted by atomic mass is 19.4. The maximum atomic E-state index is 13.0. The zero-order valence-corrected chi connectivity index (χ0v) is 26.2. The minimum absolute atomic E-state index is 0.263. The van der Waals surface area contributed by atoms with E-state index in [9.17, 15) is 116 Å². The Labute approximate surface area is 297 Å². The number of aliphatic hydroxyl groups is 4. The van der Waals surface area contributed by atoms with Crippen LogP contribution in [-0.2, 0) is 22.4 Å². The smallest absolute Gasteiger partial charge is 0.430 e. The maximum absolute atomic E-state index is 13.0. The zero-order chi connectivity index (χ0) is 45.8. The highest BCUT2D eigenvalue weighted by Crippen LogP contribution is 2.56. The first-order chi connectivity index (χ1) is 24.7. The normalized spacial score (nSPS) is 14.9. The standard InChI is InChI=1S/C15H10F12O3.C12H6F12O3/c1-2-3-30-9-5-7(10(28,12(16,17)18)13(19,20)21)4-8(6-9)11(29,14(22,23)24)15(25,26)27;13-9(14,15)7(26,10(16,17)18)4-1-5(3-6(25)2-4)8(27,11(19,20)21)12(22,23)24/h2,4-6,28-29H,1,3H2;1-3,25-27H. The summed E-state index contributed by atoms with van der Waals surface area (Å²) in [7, 11) is 0. The van der Waals surface area contributed by atoms with E-state index in [4.69, 9.17) is 15.3 Å². The molecule has 0 amide bonds. The molecule has 2 rings (SSSR count). The first-order valence-corrected chi connectivity index (χ1v) is 13.4. The molecule has 0 aromatic heterocycles. The monoisotopic (exact) mass is 892 g/mol. The lowest BCUT2D eigenvalue weighted by molar-refractivity contribution is -0.379. The Bertz CT molecular complexity index is 1550. The molecule has 0 aliphatic heterocycles. The van der Waals surface area contributed by atoms with Crippen LogP contribution >= 0.6 is 0 Å². The third kappa shape index (κ3) is 9.00.